The summed E-state index contributed by atoms with van der Waals surface area (Å²) in [5.74, 6) is -1.48. The van der Waals surface area contributed by atoms with Crippen LogP contribution in [0.15, 0.2) is 60.8 Å². The van der Waals surface area contributed by atoms with E-state index in [0.717, 1.165) is 89.9 Å². The van der Waals surface area contributed by atoms with Crippen LogP contribution in [0.2, 0.25) is 0 Å². The van der Waals surface area contributed by atoms with Gasteiger partial charge in [-0.2, -0.15) is 0 Å². The third kappa shape index (κ3) is 55.9. The number of aliphatic hydroxyl groups is 1. The topological polar surface area (TPSA) is 155 Å². The van der Waals surface area contributed by atoms with E-state index in [9.17, 15) is 28.9 Å². The zero-order valence-electron chi connectivity index (χ0n) is 49.0. The van der Waals surface area contributed by atoms with Crippen molar-refractivity contribution in [2.24, 2.45) is 0 Å². The molecule has 0 heterocycles. The van der Waals surface area contributed by atoms with Gasteiger partial charge in [-0.15, -0.1) is 0 Å². The van der Waals surface area contributed by atoms with Gasteiger partial charge in [-0.1, -0.05) is 248 Å². The number of unbranched alkanes of at least 4 members (excludes halogenated alkanes) is 31. The van der Waals surface area contributed by atoms with E-state index in [2.05, 4.69) is 81.5 Å². The van der Waals surface area contributed by atoms with E-state index >= 15 is 0 Å². The summed E-state index contributed by atoms with van der Waals surface area (Å²) in [4.78, 5) is 48.7. The molecule has 12 heteroatoms. The highest BCUT2D eigenvalue weighted by atomic mass is 31.2. The highest BCUT2D eigenvalue weighted by Gasteiger charge is 2.28. The third-order valence-corrected chi connectivity index (χ3v) is 14.4. The minimum Gasteiger partial charge on any atom is -0.462 e. The molecule has 0 aromatic rings. The van der Waals surface area contributed by atoms with Crippen molar-refractivity contribution in [3.8, 4) is 0 Å². The molecule has 0 amide bonds. The molecule has 76 heavy (non-hydrogen) atoms. The molecule has 0 aliphatic carbocycles. The maximum Gasteiger partial charge on any atom is 0.472 e. The van der Waals surface area contributed by atoms with Crippen molar-refractivity contribution in [3.63, 3.8) is 0 Å². The van der Waals surface area contributed by atoms with Crippen molar-refractivity contribution in [2.75, 3.05) is 26.4 Å². The fourth-order valence-corrected chi connectivity index (χ4v) is 9.48. The Morgan fingerprint density at radius 3 is 1.07 bits per heavy atom. The first-order chi connectivity index (χ1) is 37.2. The lowest BCUT2D eigenvalue weighted by atomic mass is 10.0. The molecule has 0 aliphatic rings. The molecule has 11 nitrogen and oxygen atoms in total. The lowest BCUT2D eigenvalue weighted by Crippen LogP contribution is -2.30. The van der Waals surface area contributed by atoms with Crippen LogP contribution in [0.25, 0.3) is 0 Å². The maximum atomic E-state index is 12.9. The third-order valence-electron chi connectivity index (χ3n) is 13.4. The van der Waals surface area contributed by atoms with Crippen LogP contribution in [0.5, 0.6) is 0 Å². The van der Waals surface area contributed by atoms with Crippen molar-refractivity contribution in [1.29, 1.82) is 0 Å². The van der Waals surface area contributed by atoms with Crippen molar-refractivity contribution in [3.05, 3.63) is 60.8 Å². The molecule has 0 aliphatic heterocycles. The van der Waals surface area contributed by atoms with Crippen molar-refractivity contribution < 1.29 is 52.2 Å². The second-order valence-corrected chi connectivity index (χ2v) is 22.3. The molecule has 442 valence electrons. The predicted octanol–water partition coefficient (Wildman–Crippen LogP) is 18.7. The number of hydrogen-bond donors (Lipinski definition) is 2. The Hall–Kier alpha value is -2.82. The maximum absolute atomic E-state index is 12.9. The van der Waals surface area contributed by atoms with Gasteiger partial charge in [-0.05, 0) is 83.5 Å². The molecule has 0 spiro atoms. The molecular formula is C64H115O11P. The number of allylic oxidation sites excluding steroid dienone is 10. The Balaban J connectivity index is 4.73. The molecular weight excluding hydrogens is 976 g/mol. The van der Waals surface area contributed by atoms with Gasteiger partial charge >= 0.3 is 25.7 Å². The van der Waals surface area contributed by atoms with Crippen molar-refractivity contribution in [2.45, 2.75) is 303 Å². The number of carbonyl (C=O) groups excluding carboxylic acids is 3. The number of phosphoric ester groups is 1. The first kappa shape index (κ1) is 73.2. The minimum atomic E-state index is -4.76. The molecule has 0 aromatic carbocycles. The monoisotopic (exact) mass is 1090 g/mol. The van der Waals surface area contributed by atoms with E-state index in [1.54, 1.807) is 0 Å². The second-order valence-electron chi connectivity index (χ2n) is 20.8. The number of phosphoric acid groups is 1. The molecule has 3 unspecified atom stereocenters. The van der Waals surface area contributed by atoms with Crippen LogP contribution in [0.4, 0.5) is 0 Å². The van der Waals surface area contributed by atoms with Gasteiger partial charge in [0.2, 0.25) is 0 Å². The largest absolute Gasteiger partial charge is 0.472 e. The van der Waals surface area contributed by atoms with Gasteiger partial charge in [0.05, 0.1) is 19.8 Å². The lowest BCUT2D eigenvalue weighted by molar-refractivity contribution is -0.161. The second kappa shape index (κ2) is 58.3. The highest BCUT2D eigenvalue weighted by molar-refractivity contribution is 7.47. The quantitative estimate of drug-likeness (QED) is 0.0197. The average molecular weight is 1090 g/mol. The number of esters is 3. The zero-order chi connectivity index (χ0) is 55.5. The standard InChI is InChI=1S/C64H115O11P/c1-4-7-10-13-16-19-22-25-27-29-30-32-33-36-38-41-44-47-50-53-62(66)71-57-61(75-64(68)55-52-49-46-43-40-37-34-31-28-26-23-20-17-14-11-8-5-2)59-73-76(69,70)72-58-60(56-65)74-63(67)54-51-48-45-42-39-35-24-21-18-15-12-9-6-3/h8,11,17,20,25-28,34,37,60-61,65H,4-7,9-10,12-16,18-19,21-24,29-33,35-36,38-59H2,1-3H3,(H,69,70)/b11-8-,20-17-,27-25-,28-26-,37-34-. The zero-order valence-corrected chi connectivity index (χ0v) is 49.9. The molecule has 2 N–H and O–H groups in total. The molecule has 3 atom stereocenters. The highest BCUT2D eigenvalue weighted by Crippen LogP contribution is 2.43. The van der Waals surface area contributed by atoms with E-state index in [4.69, 9.17) is 23.3 Å². The Bertz CT molecular complexity index is 1510. The number of carbonyl (C=O) groups is 3. The summed E-state index contributed by atoms with van der Waals surface area (Å²) in [5, 5.41) is 9.83. The number of hydrogen-bond acceptors (Lipinski definition) is 10. The van der Waals surface area contributed by atoms with Gasteiger partial charge in [0.1, 0.15) is 12.7 Å². The van der Waals surface area contributed by atoms with Crippen LogP contribution in [0.1, 0.15) is 290 Å². The van der Waals surface area contributed by atoms with Crippen LogP contribution in [0, 0.1) is 0 Å². The Labute approximate surface area is 465 Å². The molecule has 0 rings (SSSR count). The summed E-state index contributed by atoms with van der Waals surface area (Å²) in [6.45, 7) is 4.54. The summed E-state index contributed by atoms with van der Waals surface area (Å²) in [6.07, 6.45) is 64.6. The molecule has 0 saturated heterocycles. The normalized spacial score (nSPS) is 13.7. The molecule has 0 saturated carbocycles. The summed E-state index contributed by atoms with van der Waals surface area (Å²) in [6, 6.07) is 0. The van der Waals surface area contributed by atoms with Crippen LogP contribution >= 0.6 is 7.82 Å². The van der Waals surface area contributed by atoms with Crippen LogP contribution < -0.4 is 0 Å². The molecule has 0 fully saturated rings. The van der Waals surface area contributed by atoms with E-state index in [0.29, 0.717) is 19.3 Å². The Morgan fingerprint density at radius 1 is 0.382 bits per heavy atom. The summed E-state index contributed by atoms with van der Waals surface area (Å²) >= 11 is 0. The van der Waals surface area contributed by atoms with Crippen molar-refractivity contribution in [1.82, 2.24) is 0 Å². The fraction of sp³-hybridized carbons (Fsp3) is 0.797. The van der Waals surface area contributed by atoms with Gasteiger partial charge in [0, 0.05) is 19.3 Å². The molecule has 0 radical (unpaired) electrons. The van der Waals surface area contributed by atoms with E-state index in [-0.39, 0.29) is 25.9 Å². The Morgan fingerprint density at radius 2 is 0.684 bits per heavy atom. The van der Waals surface area contributed by atoms with Crippen molar-refractivity contribution >= 4 is 25.7 Å². The van der Waals surface area contributed by atoms with E-state index < -0.39 is 57.8 Å². The first-order valence-electron chi connectivity index (χ1n) is 31.2. The van der Waals surface area contributed by atoms with E-state index in [1.165, 1.54) is 141 Å². The van der Waals surface area contributed by atoms with Gasteiger partial charge in [-0.3, -0.25) is 23.4 Å². The van der Waals surface area contributed by atoms with Crippen LogP contribution in [0.3, 0.4) is 0 Å². The smallest absolute Gasteiger partial charge is 0.462 e. The average Bonchev–Trinajstić information content (AvgIpc) is 3.41. The van der Waals surface area contributed by atoms with Gasteiger partial charge in [0.15, 0.2) is 6.10 Å². The lowest BCUT2D eigenvalue weighted by Gasteiger charge is -2.21. The number of rotatable bonds is 58. The van der Waals surface area contributed by atoms with E-state index in [1.807, 2.05) is 0 Å². The van der Waals surface area contributed by atoms with Crippen LogP contribution in [-0.2, 0) is 42.2 Å². The van der Waals surface area contributed by atoms with Gasteiger partial charge in [0.25, 0.3) is 0 Å². The first-order valence-corrected chi connectivity index (χ1v) is 32.7. The number of aliphatic hydroxyl groups excluding tert-OH is 1. The summed E-state index contributed by atoms with van der Waals surface area (Å²) in [5.41, 5.74) is 0. The molecule has 0 aromatic heterocycles. The minimum absolute atomic E-state index is 0.140. The number of ether oxygens (including phenoxy) is 3. The fourth-order valence-electron chi connectivity index (χ4n) is 8.70. The molecule has 0 bridgehead atoms. The predicted molar refractivity (Wildman–Crippen MR) is 316 cm³/mol. The Kier molecular flexibility index (Phi) is 56.2. The SMILES string of the molecule is CC/C=C\C/C=C\C/C=C\C/C=C\CCCCCCC(=O)OC(COC(=O)CCCCCCCCCCC/C=C\CCCCCCCC)COP(=O)(O)OCC(CO)OC(=O)CCCCCCCCCCCCCCC. The summed E-state index contributed by atoms with van der Waals surface area (Å²) < 4.78 is 39.6. The van der Waals surface area contributed by atoms with Gasteiger partial charge in [-0.25, -0.2) is 4.57 Å². The summed E-state index contributed by atoms with van der Waals surface area (Å²) in [7, 11) is -4.76. The van der Waals surface area contributed by atoms with Crippen LogP contribution in [-0.4, -0.2) is 66.5 Å². The van der Waals surface area contributed by atoms with Gasteiger partial charge < -0.3 is 24.2 Å².